The molecule has 4 aromatic rings. The molecule has 0 saturated heterocycles. The number of carbonyl (C=O) groups excluding carboxylic acids is 1. The molecule has 0 bridgehead atoms. The molecule has 2 nitrogen and oxygen atoms in total. The Morgan fingerprint density at radius 1 is 0.800 bits per heavy atom. The van der Waals surface area contributed by atoms with Crippen LogP contribution in [0.4, 0.5) is 0 Å². The second-order valence-corrected chi connectivity index (χ2v) is 6.21. The maximum atomic E-state index is 13.1. The Hall–Kier alpha value is -2.97. The van der Waals surface area contributed by atoms with Crippen molar-refractivity contribution in [2.45, 2.75) is 0 Å². The third kappa shape index (κ3) is 3.04. The summed E-state index contributed by atoms with van der Waals surface area (Å²) in [4.78, 5) is 17.8. The minimum Gasteiger partial charge on any atom is -0.289 e. The fourth-order valence-corrected chi connectivity index (χ4v) is 3.06. The molecule has 1 heterocycles. The number of fused-ring (bicyclic) bond motifs is 1. The average Bonchev–Trinajstić information content (AvgIpc) is 2.68. The lowest BCUT2D eigenvalue weighted by Crippen LogP contribution is -2.03. The van der Waals surface area contributed by atoms with Gasteiger partial charge in [-0.3, -0.25) is 4.79 Å². The highest BCUT2D eigenvalue weighted by molar-refractivity contribution is 6.31. The molecule has 0 amide bonds. The van der Waals surface area contributed by atoms with Crippen molar-refractivity contribution < 1.29 is 4.79 Å². The van der Waals surface area contributed by atoms with Gasteiger partial charge in [-0.1, -0.05) is 72.3 Å². The Kier molecular flexibility index (Phi) is 4.04. The van der Waals surface area contributed by atoms with E-state index in [1.165, 1.54) is 0 Å². The standard InChI is InChI=1S/C22H14ClNO/c23-17-11-12-20-18(13-17)19(22(25)16-9-5-2-6-10-16)14-21(24-20)15-7-3-1-4-8-15/h1-14H. The van der Waals surface area contributed by atoms with Crippen molar-refractivity contribution in [3.05, 3.63) is 101 Å². The van der Waals surface area contributed by atoms with Crippen molar-refractivity contribution in [1.82, 2.24) is 4.98 Å². The summed E-state index contributed by atoms with van der Waals surface area (Å²) in [6.07, 6.45) is 0. The summed E-state index contributed by atoms with van der Waals surface area (Å²) < 4.78 is 0. The highest BCUT2D eigenvalue weighted by Crippen LogP contribution is 2.28. The molecule has 0 spiro atoms. The van der Waals surface area contributed by atoms with Gasteiger partial charge in [0.05, 0.1) is 11.2 Å². The van der Waals surface area contributed by atoms with E-state index in [4.69, 9.17) is 16.6 Å². The first-order valence-electron chi connectivity index (χ1n) is 7.98. The van der Waals surface area contributed by atoms with Crippen LogP contribution in [0.1, 0.15) is 15.9 Å². The van der Waals surface area contributed by atoms with E-state index in [1.807, 2.05) is 72.8 Å². The highest BCUT2D eigenvalue weighted by Gasteiger charge is 2.16. The van der Waals surface area contributed by atoms with Gasteiger partial charge in [-0.15, -0.1) is 0 Å². The van der Waals surface area contributed by atoms with Crippen LogP contribution in [-0.2, 0) is 0 Å². The van der Waals surface area contributed by atoms with Crippen molar-refractivity contribution in [3.63, 3.8) is 0 Å². The largest absolute Gasteiger partial charge is 0.289 e. The second kappa shape index (κ2) is 6.50. The van der Waals surface area contributed by atoms with Gasteiger partial charge < -0.3 is 0 Å². The summed E-state index contributed by atoms with van der Waals surface area (Å²) in [5.74, 6) is -0.0348. The highest BCUT2D eigenvalue weighted by atomic mass is 35.5. The fourth-order valence-electron chi connectivity index (χ4n) is 2.89. The summed E-state index contributed by atoms with van der Waals surface area (Å²) in [7, 11) is 0. The Morgan fingerprint density at radius 2 is 1.48 bits per heavy atom. The molecule has 0 atom stereocenters. The van der Waals surface area contributed by atoms with Gasteiger partial charge in [0, 0.05) is 27.1 Å². The quantitative estimate of drug-likeness (QED) is 0.441. The van der Waals surface area contributed by atoms with E-state index >= 15 is 0 Å². The number of pyridine rings is 1. The fraction of sp³-hybridized carbons (Fsp3) is 0. The molecule has 120 valence electrons. The predicted octanol–water partition coefficient (Wildman–Crippen LogP) is 5.79. The van der Waals surface area contributed by atoms with Crippen molar-refractivity contribution in [2.24, 2.45) is 0 Å². The van der Waals surface area contributed by atoms with E-state index in [0.29, 0.717) is 16.1 Å². The van der Waals surface area contributed by atoms with Gasteiger partial charge in [0.25, 0.3) is 0 Å². The monoisotopic (exact) mass is 343 g/mol. The van der Waals surface area contributed by atoms with Crippen LogP contribution >= 0.6 is 11.6 Å². The molecule has 3 aromatic carbocycles. The van der Waals surface area contributed by atoms with Crippen molar-refractivity contribution >= 4 is 28.3 Å². The molecule has 0 aliphatic heterocycles. The number of aromatic nitrogens is 1. The van der Waals surface area contributed by atoms with E-state index in [2.05, 4.69) is 0 Å². The van der Waals surface area contributed by atoms with Crippen LogP contribution in [0, 0.1) is 0 Å². The van der Waals surface area contributed by atoms with Crippen LogP contribution < -0.4 is 0 Å². The first-order valence-corrected chi connectivity index (χ1v) is 8.36. The van der Waals surface area contributed by atoms with E-state index in [9.17, 15) is 4.79 Å². The molecule has 0 N–H and O–H groups in total. The minimum atomic E-state index is -0.0348. The van der Waals surface area contributed by atoms with Crippen LogP contribution in [0.15, 0.2) is 84.9 Å². The van der Waals surface area contributed by atoms with Gasteiger partial charge in [0.1, 0.15) is 0 Å². The summed E-state index contributed by atoms with van der Waals surface area (Å²) in [6, 6.07) is 26.4. The zero-order chi connectivity index (χ0) is 17.2. The third-order valence-corrected chi connectivity index (χ3v) is 4.36. The number of hydrogen-bond acceptors (Lipinski definition) is 2. The lowest BCUT2D eigenvalue weighted by molar-refractivity contribution is 0.104. The minimum absolute atomic E-state index is 0.0348. The first kappa shape index (κ1) is 15.6. The molecule has 1 aromatic heterocycles. The molecule has 0 aliphatic carbocycles. The normalized spacial score (nSPS) is 10.8. The Labute approximate surface area is 150 Å². The second-order valence-electron chi connectivity index (χ2n) is 5.78. The molecular formula is C22H14ClNO. The average molecular weight is 344 g/mol. The van der Waals surface area contributed by atoms with Crippen LogP contribution in [0.2, 0.25) is 5.02 Å². The Balaban J connectivity index is 1.97. The van der Waals surface area contributed by atoms with Crippen LogP contribution in [0.3, 0.4) is 0 Å². The number of hydrogen-bond donors (Lipinski definition) is 0. The summed E-state index contributed by atoms with van der Waals surface area (Å²) >= 11 is 6.16. The summed E-state index contributed by atoms with van der Waals surface area (Å²) in [5, 5.41) is 1.35. The van der Waals surface area contributed by atoms with Crippen LogP contribution in [0.5, 0.6) is 0 Å². The molecule has 3 heteroatoms. The van der Waals surface area contributed by atoms with E-state index in [-0.39, 0.29) is 5.78 Å². The number of halogens is 1. The zero-order valence-electron chi connectivity index (χ0n) is 13.3. The molecule has 0 unspecified atom stereocenters. The molecule has 0 radical (unpaired) electrons. The maximum absolute atomic E-state index is 13.1. The smallest absolute Gasteiger partial charge is 0.193 e. The Bertz CT molecular complexity index is 1060. The Morgan fingerprint density at radius 3 is 2.20 bits per heavy atom. The van der Waals surface area contributed by atoms with Gasteiger partial charge in [-0.25, -0.2) is 4.98 Å². The molecule has 0 saturated carbocycles. The number of benzene rings is 3. The number of nitrogens with zero attached hydrogens (tertiary/aromatic N) is 1. The third-order valence-electron chi connectivity index (χ3n) is 4.12. The molecule has 0 aliphatic rings. The van der Waals surface area contributed by atoms with Crippen LogP contribution in [0.25, 0.3) is 22.2 Å². The molecule has 25 heavy (non-hydrogen) atoms. The number of carbonyl (C=O) groups is 1. The van der Waals surface area contributed by atoms with Gasteiger partial charge >= 0.3 is 0 Å². The maximum Gasteiger partial charge on any atom is 0.193 e. The lowest BCUT2D eigenvalue weighted by atomic mass is 9.97. The van der Waals surface area contributed by atoms with Crippen LogP contribution in [-0.4, -0.2) is 10.8 Å². The van der Waals surface area contributed by atoms with E-state index in [1.54, 1.807) is 12.1 Å². The SMILES string of the molecule is O=C(c1ccccc1)c1cc(-c2ccccc2)nc2ccc(Cl)cc12. The summed E-state index contributed by atoms with van der Waals surface area (Å²) in [6.45, 7) is 0. The molecule has 4 rings (SSSR count). The molecular weight excluding hydrogens is 330 g/mol. The van der Waals surface area contributed by atoms with Crippen molar-refractivity contribution in [3.8, 4) is 11.3 Å². The number of rotatable bonds is 3. The topological polar surface area (TPSA) is 30.0 Å². The van der Waals surface area contributed by atoms with Gasteiger partial charge in [-0.2, -0.15) is 0 Å². The van der Waals surface area contributed by atoms with Gasteiger partial charge in [0.15, 0.2) is 5.78 Å². The predicted molar refractivity (Wildman–Crippen MR) is 102 cm³/mol. The van der Waals surface area contributed by atoms with Crippen molar-refractivity contribution in [1.29, 1.82) is 0 Å². The van der Waals surface area contributed by atoms with E-state index < -0.39 is 0 Å². The van der Waals surface area contributed by atoms with Crippen molar-refractivity contribution in [2.75, 3.05) is 0 Å². The lowest BCUT2D eigenvalue weighted by Gasteiger charge is -2.10. The zero-order valence-corrected chi connectivity index (χ0v) is 14.1. The number of ketones is 1. The van der Waals surface area contributed by atoms with Gasteiger partial charge in [0.2, 0.25) is 0 Å². The van der Waals surface area contributed by atoms with Gasteiger partial charge in [-0.05, 0) is 24.3 Å². The van der Waals surface area contributed by atoms with E-state index in [0.717, 1.165) is 22.2 Å². The molecule has 0 fully saturated rings. The summed E-state index contributed by atoms with van der Waals surface area (Å²) in [5.41, 5.74) is 3.76. The first-order chi connectivity index (χ1) is 12.2.